The zero-order chi connectivity index (χ0) is 16.7. The minimum absolute atomic E-state index is 0.203. The maximum absolute atomic E-state index is 12.9. The Bertz CT molecular complexity index is 494. The molecule has 1 heteroatoms. The van der Waals surface area contributed by atoms with E-state index < -0.39 is 0 Å². The van der Waals surface area contributed by atoms with Crippen LogP contribution in [0.3, 0.4) is 0 Å². The number of fused-ring (bicyclic) bond motifs is 1. The Labute approximate surface area is 142 Å². The molecule has 0 saturated heterocycles. The molecule has 0 aromatic rings. The van der Waals surface area contributed by atoms with Crippen molar-refractivity contribution >= 4 is 5.78 Å². The summed E-state index contributed by atoms with van der Waals surface area (Å²) in [6.07, 6.45) is 20.9. The first-order valence-corrected chi connectivity index (χ1v) is 9.43. The molecule has 23 heavy (non-hydrogen) atoms. The molecule has 1 unspecified atom stereocenters. The second-order valence-corrected chi connectivity index (χ2v) is 6.96. The van der Waals surface area contributed by atoms with Crippen molar-refractivity contribution in [2.45, 2.75) is 58.8 Å². The van der Waals surface area contributed by atoms with Crippen LogP contribution in [-0.4, -0.2) is 5.78 Å². The van der Waals surface area contributed by atoms with Gasteiger partial charge in [0.15, 0.2) is 5.78 Å². The number of unbranched alkanes of at least 4 members (excludes halogenated alkanes) is 3. The molecule has 2 aliphatic rings. The number of ketones is 1. The molecule has 4 atom stereocenters. The van der Waals surface area contributed by atoms with Crippen LogP contribution >= 0.6 is 0 Å². The second kappa shape index (κ2) is 9.05. The highest BCUT2D eigenvalue weighted by molar-refractivity contribution is 6.01. The van der Waals surface area contributed by atoms with Gasteiger partial charge in [-0.3, -0.25) is 4.79 Å². The van der Waals surface area contributed by atoms with Gasteiger partial charge in [0.2, 0.25) is 0 Å². The molecule has 0 heterocycles. The topological polar surface area (TPSA) is 17.1 Å². The lowest BCUT2D eigenvalue weighted by Gasteiger charge is -2.31. The largest absolute Gasteiger partial charge is 0.294 e. The van der Waals surface area contributed by atoms with Gasteiger partial charge in [-0.1, -0.05) is 63.1 Å². The summed E-state index contributed by atoms with van der Waals surface area (Å²) in [6.45, 7) is 8.39. The highest BCUT2D eigenvalue weighted by Crippen LogP contribution is 2.49. The summed E-state index contributed by atoms with van der Waals surface area (Å²) < 4.78 is 0. The number of carbonyl (C=O) groups excluding carboxylic acids is 1. The van der Waals surface area contributed by atoms with E-state index in [9.17, 15) is 4.79 Å². The van der Waals surface area contributed by atoms with Crippen molar-refractivity contribution < 1.29 is 4.79 Å². The molecule has 2 rings (SSSR count). The van der Waals surface area contributed by atoms with E-state index in [4.69, 9.17) is 0 Å². The molecular formula is C22H32O. The van der Waals surface area contributed by atoms with E-state index in [-0.39, 0.29) is 5.92 Å². The molecule has 0 radical (unpaired) electrons. The maximum Gasteiger partial charge on any atom is 0.162 e. The van der Waals surface area contributed by atoms with E-state index in [0.29, 0.717) is 23.5 Å². The molecular weight excluding hydrogens is 280 g/mol. The average molecular weight is 312 g/mol. The highest BCUT2D eigenvalue weighted by atomic mass is 16.1. The fourth-order valence-corrected chi connectivity index (χ4v) is 4.31. The normalized spacial score (nSPS) is 31.9. The Morgan fingerprint density at radius 2 is 2.13 bits per heavy atom. The van der Waals surface area contributed by atoms with Gasteiger partial charge in [0.25, 0.3) is 0 Å². The first-order chi connectivity index (χ1) is 11.2. The molecule has 0 aromatic heterocycles. The van der Waals surface area contributed by atoms with Gasteiger partial charge in [0.1, 0.15) is 0 Å². The molecule has 1 saturated carbocycles. The molecule has 2 aliphatic carbocycles. The quantitative estimate of drug-likeness (QED) is 0.303. The Morgan fingerprint density at radius 3 is 2.83 bits per heavy atom. The summed E-state index contributed by atoms with van der Waals surface area (Å²) >= 11 is 0. The number of allylic oxidation sites excluding steroid dienone is 7. The van der Waals surface area contributed by atoms with Gasteiger partial charge in [0, 0.05) is 5.92 Å². The van der Waals surface area contributed by atoms with Crippen molar-refractivity contribution in [1.82, 2.24) is 0 Å². The van der Waals surface area contributed by atoms with Gasteiger partial charge in [-0.25, -0.2) is 0 Å². The van der Waals surface area contributed by atoms with Crippen molar-refractivity contribution in [3.63, 3.8) is 0 Å². The lowest BCUT2D eigenvalue weighted by atomic mass is 9.72. The summed E-state index contributed by atoms with van der Waals surface area (Å²) in [7, 11) is 0. The van der Waals surface area contributed by atoms with E-state index in [2.05, 4.69) is 50.8 Å². The molecule has 0 spiro atoms. The summed E-state index contributed by atoms with van der Waals surface area (Å²) in [4.78, 5) is 12.9. The number of Topliss-reactive ketones (excluding diaryl/α,β-unsaturated/α-hetero) is 1. The van der Waals surface area contributed by atoms with Gasteiger partial charge in [-0.2, -0.15) is 0 Å². The van der Waals surface area contributed by atoms with Crippen LogP contribution in [0, 0.1) is 23.7 Å². The molecule has 0 aromatic carbocycles. The van der Waals surface area contributed by atoms with E-state index >= 15 is 0 Å². The molecule has 0 bridgehead atoms. The van der Waals surface area contributed by atoms with Crippen LogP contribution in [0.15, 0.2) is 48.6 Å². The minimum Gasteiger partial charge on any atom is -0.294 e. The lowest BCUT2D eigenvalue weighted by Crippen LogP contribution is -2.27. The van der Waals surface area contributed by atoms with Crippen LogP contribution < -0.4 is 0 Å². The third kappa shape index (κ3) is 4.13. The summed E-state index contributed by atoms with van der Waals surface area (Å²) in [5.74, 6) is 1.98. The van der Waals surface area contributed by atoms with Crippen LogP contribution in [0.4, 0.5) is 0 Å². The third-order valence-electron chi connectivity index (χ3n) is 5.50. The minimum atomic E-state index is 0.203. The van der Waals surface area contributed by atoms with Crippen LogP contribution in [0.2, 0.25) is 0 Å². The maximum atomic E-state index is 12.9. The molecule has 0 aliphatic heterocycles. The number of carbonyl (C=O) groups is 1. The fourth-order valence-electron chi connectivity index (χ4n) is 4.31. The van der Waals surface area contributed by atoms with Gasteiger partial charge in [0.05, 0.1) is 0 Å². The van der Waals surface area contributed by atoms with Crippen LogP contribution in [0.1, 0.15) is 58.8 Å². The van der Waals surface area contributed by atoms with E-state index in [1.165, 1.54) is 19.3 Å². The van der Waals surface area contributed by atoms with Crippen LogP contribution in [-0.2, 0) is 4.79 Å². The van der Waals surface area contributed by atoms with Crippen LogP contribution in [0.5, 0.6) is 0 Å². The number of hydrogen-bond acceptors (Lipinski definition) is 1. The average Bonchev–Trinajstić information content (AvgIpc) is 2.84. The van der Waals surface area contributed by atoms with Gasteiger partial charge >= 0.3 is 0 Å². The summed E-state index contributed by atoms with van der Waals surface area (Å²) in [6, 6.07) is 0. The molecule has 1 nitrogen and oxygen atoms in total. The molecule has 126 valence electrons. The fraction of sp³-hybridized carbons (Fsp3) is 0.591. The summed E-state index contributed by atoms with van der Waals surface area (Å²) in [5.41, 5.74) is 1.05. The predicted molar refractivity (Wildman–Crippen MR) is 99.2 cm³/mol. The van der Waals surface area contributed by atoms with Gasteiger partial charge in [-0.15, -0.1) is 6.58 Å². The first-order valence-electron chi connectivity index (χ1n) is 9.43. The summed E-state index contributed by atoms with van der Waals surface area (Å²) in [5, 5.41) is 0. The third-order valence-corrected chi connectivity index (χ3v) is 5.50. The Kier molecular flexibility index (Phi) is 7.08. The standard InChI is InChI=1S/C22H32O/c1-4-7-8-9-10-11-15-19-18(13-5-2)21-17(6-3)14-12-16-20(21)22(19)23/h5,10-12,14-15,17-18,20-21H,2,4,6-9,13,16H2,1,3H3/b11-10+,19-15+/t17-,18+,20?,21-/m0/s1. The zero-order valence-corrected chi connectivity index (χ0v) is 14.8. The number of rotatable bonds is 8. The zero-order valence-electron chi connectivity index (χ0n) is 14.8. The Hall–Kier alpha value is -1.37. The highest BCUT2D eigenvalue weighted by Gasteiger charge is 2.48. The smallest absolute Gasteiger partial charge is 0.162 e. The monoisotopic (exact) mass is 312 g/mol. The van der Waals surface area contributed by atoms with Crippen molar-refractivity contribution in [1.29, 1.82) is 0 Å². The molecule has 0 amide bonds. The van der Waals surface area contributed by atoms with E-state index in [1.807, 2.05) is 6.08 Å². The van der Waals surface area contributed by atoms with E-state index in [0.717, 1.165) is 31.3 Å². The SMILES string of the molecule is C=CC[C@@H]1/C(=C\C=C\CCCCC)C(=O)C2CC=C[C@H](CC)[C@H]21. The molecule has 1 fully saturated rings. The Balaban J connectivity index is 2.14. The van der Waals surface area contributed by atoms with Crippen molar-refractivity contribution in [2.24, 2.45) is 23.7 Å². The van der Waals surface area contributed by atoms with E-state index in [1.54, 1.807) is 0 Å². The van der Waals surface area contributed by atoms with Crippen molar-refractivity contribution in [2.75, 3.05) is 0 Å². The molecule has 0 N–H and O–H groups in total. The lowest BCUT2D eigenvalue weighted by molar-refractivity contribution is -0.118. The van der Waals surface area contributed by atoms with Gasteiger partial charge < -0.3 is 0 Å². The number of hydrogen-bond donors (Lipinski definition) is 0. The predicted octanol–water partition coefficient (Wildman–Crippen LogP) is 6.04. The van der Waals surface area contributed by atoms with Gasteiger partial charge in [-0.05, 0) is 55.4 Å². The second-order valence-electron chi connectivity index (χ2n) is 6.96. The first kappa shape index (κ1) is 18.0. The Morgan fingerprint density at radius 1 is 1.30 bits per heavy atom. The van der Waals surface area contributed by atoms with Crippen LogP contribution in [0.25, 0.3) is 0 Å². The van der Waals surface area contributed by atoms with Crippen molar-refractivity contribution in [3.8, 4) is 0 Å². The van der Waals surface area contributed by atoms with Crippen molar-refractivity contribution in [3.05, 3.63) is 48.6 Å².